The zero-order valence-corrected chi connectivity index (χ0v) is 69.7. The first-order valence-corrected chi connectivity index (χ1v) is 40.4. The van der Waals surface area contributed by atoms with Crippen LogP contribution in [0.1, 0.15) is 218 Å². The third kappa shape index (κ3) is 37.0. The van der Waals surface area contributed by atoms with Crippen molar-refractivity contribution in [3.63, 3.8) is 0 Å². The molecule has 1 aromatic carbocycles. The molecular weight excluding hydrogens is 1570 g/mol. The third-order valence-electron chi connectivity index (χ3n) is 20.7. The van der Waals surface area contributed by atoms with Crippen molar-refractivity contribution in [2.24, 2.45) is 35.5 Å². The number of rotatable bonds is 53. The summed E-state index contributed by atoms with van der Waals surface area (Å²) in [5.41, 5.74) is -1.55. The fourth-order valence-corrected chi connectivity index (χ4v) is 13.5. The van der Waals surface area contributed by atoms with Crippen molar-refractivity contribution in [1.82, 2.24) is 31.9 Å². The van der Waals surface area contributed by atoms with Crippen LogP contribution in [-0.2, 0) is 124 Å². The normalized spacial score (nSPS) is 23.3. The highest BCUT2D eigenvalue weighted by Crippen LogP contribution is 2.38. The smallest absolute Gasteiger partial charge is 0.311 e. The Hall–Kier alpha value is -8.59. The van der Waals surface area contributed by atoms with E-state index in [2.05, 4.69) is 36.6 Å². The highest BCUT2D eigenvalue weighted by molar-refractivity contribution is 5.81. The number of nitrogens with one attached hydrogen (secondary N) is 6. The van der Waals surface area contributed by atoms with E-state index in [0.29, 0.717) is 38.5 Å². The molecule has 0 aromatic heterocycles. The van der Waals surface area contributed by atoms with Crippen molar-refractivity contribution in [3.05, 3.63) is 29.1 Å². The van der Waals surface area contributed by atoms with E-state index in [1.165, 1.54) is 41.5 Å². The topological polar surface area (TPSA) is 431 Å². The van der Waals surface area contributed by atoms with E-state index in [9.17, 15) is 89.1 Å². The Balaban J connectivity index is 1.39. The third-order valence-corrected chi connectivity index (χ3v) is 20.7. The van der Waals surface area contributed by atoms with Gasteiger partial charge in [0.1, 0.15) is 62.2 Å². The molecule has 3 aliphatic heterocycles. The molecule has 38 heteroatoms. The van der Waals surface area contributed by atoms with Gasteiger partial charge in [-0.15, -0.1) is 0 Å². The van der Waals surface area contributed by atoms with Crippen LogP contribution in [0.4, 0.5) is 22.0 Å². The number of amides is 6. The second-order valence-corrected chi connectivity index (χ2v) is 30.2. The summed E-state index contributed by atoms with van der Waals surface area (Å²) in [6.07, 6.45) is -6.58. The van der Waals surface area contributed by atoms with Crippen LogP contribution < -0.4 is 36.6 Å². The van der Waals surface area contributed by atoms with Crippen LogP contribution in [0, 0.1) is 64.6 Å². The SMILES string of the molecule is CC(=O)OCC1OC(OCCCCC(=O)NCCCNC(=O)CCC(CCC(=O)NCCCCC(=O)CCOC2OC(COC(C)=O)C(OC(C)=O)C(C)C2C)(CCC(=O)NCCCNC(=O)CCCCOC2OC(COC(C)=O)C(OC(C)=O)C(C)C2C)NC(=O)CCCC(=O)Oc2c(F)c(F)c(F)c(F)c2F)C(C)C(C)C1OC(C)=O. The van der Waals surface area contributed by atoms with Gasteiger partial charge in [0.15, 0.2) is 18.9 Å². The summed E-state index contributed by atoms with van der Waals surface area (Å²) in [6, 6.07) is 0. The highest BCUT2D eigenvalue weighted by atomic mass is 19.2. The first-order chi connectivity index (χ1) is 55.8. The van der Waals surface area contributed by atoms with Gasteiger partial charge >= 0.3 is 41.8 Å². The maximum absolute atomic E-state index is 14.5. The van der Waals surface area contributed by atoms with Crippen LogP contribution in [0.5, 0.6) is 5.75 Å². The summed E-state index contributed by atoms with van der Waals surface area (Å²) >= 11 is 0. The Labute approximate surface area is 684 Å². The number of halogens is 5. The van der Waals surface area contributed by atoms with Crippen molar-refractivity contribution >= 4 is 83.0 Å². The molecule has 0 aliphatic carbocycles. The molecule has 15 unspecified atom stereocenters. The molecule has 1 aromatic rings. The minimum absolute atomic E-state index is 0.00848. The number of ketones is 1. The van der Waals surface area contributed by atoms with Gasteiger partial charge in [-0.3, -0.25) is 67.1 Å². The maximum atomic E-state index is 14.5. The fourth-order valence-electron chi connectivity index (χ4n) is 13.5. The quantitative estimate of drug-likeness (QED) is 0.00726. The van der Waals surface area contributed by atoms with E-state index >= 15 is 0 Å². The molecule has 3 saturated heterocycles. The van der Waals surface area contributed by atoms with E-state index < -0.39 is 181 Å². The number of benzene rings is 1. The fraction of sp³-hybridized carbons (Fsp3) is 0.750. The largest absolute Gasteiger partial charge is 0.463 e. The van der Waals surface area contributed by atoms with E-state index in [1.54, 1.807) is 0 Å². The molecule has 0 radical (unpaired) electrons. The zero-order valence-electron chi connectivity index (χ0n) is 69.7. The number of ether oxygens (including phenoxy) is 13. The predicted octanol–water partition coefficient (Wildman–Crippen LogP) is 7.01. The molecule has 4 rings (SSSR count). The van der Waals surface area contributed by atoms with Gasteiger partial charge in [-0.1, -0.05) is 41.5 Å². The molecule has 0 saturated carbocycles. The lowest BCUT2D eigenvalue weighted by Gasteiger charge is -2.43. The molecule has 0 spiro atoms. The molecule has 118 heavy (non-hydrogen) atoms. The second kappa shape index (κ2) is 53.1. The summed E-state index contributed by atoms with van der Waals surface area (Å²) < 4.78 is 143. The average molecular weight is 1690 g/mol. The monoisotopic (exact) mass is 1690 g/mol. The lowest BCUT2D eigenvalue weighted by atomic mass is 9.82. The van der Waals surface area contributed by atoms with Crippen molar-refractivity contribution in [2.45, 2.75) is 279 Å². The Kier molecular flexibility index (Phi) is 45.8. The molecule has 6 N–H and O–H groups in total. The maximum Gasteiger partial charge on any atom is 0.311 e. The van der Waals surface area contributed by atoms with E-state index in [1.807, 2.05) is 41.5 Å². The van der Waals surface area contributed by atoms with Gasteiger partial charge in [0.2, 0.25) is 70.3 Å². The number of hydrogen-bond donors (Lipinski definition) is 6. The summed E-state index contributed by atoms with van der Waals surface area (Å²) in [4.78, 5) is 177. The van der Waals surface area contributed by atoms with Crippen LogP contribution in [0.25, 0.3) is 0 Å². The van der Waals surface area contributed by atoms with Crippen LogP contribution in [-0.4, -0.2) is 216 Å². The highest BCUT2D eigenvalue weighted by Gasteiger charge is 2.48. The van der Waals surface area contributed by atoms with Gasteiger partial charge in [0, 0.05) is 186 Å². The lowest BCUT2D eigenvalue weighted by molar-refractivity contribution is -0.273. The Morgan fingerprint density at radius 3 is 0.992 bits per heavy atom. The van der Waals surface area contributed by atoms with Crippen molar-refractivity contribution in [2.75, 3.05) is 72.4 Å². The number of esters is 7. The lowest BCUT2D eigenvalue weighted by Crippen LogP contribution is -2.53. The van der Waals surface area contributed by atoms with Crippen molar-refractivity contribution in [1.29, 1.82) is 0 Å². The summed E-state index contributed by atoms with van der Waals surface area (Å²) in [7, 11) is 0. The summed E-state index contributed by atoms with van der Waals surface area (Å²) in [5, 5.41) is 16.8. The molecule has 3 heterocycles. The molecular formula is C80H121F5N6O27. The Morgan fingerprint density at radius 2 is 0.644 bits per heavy atom. The number of Topliss-reactive ketones (excluding diaryl/α,β-unsaturated/α-hetero) is 1. The van der Waals surface area contributed by atoms with Crippen molar-refractivity contribution < 1.29 is 151 Å². The summed E-state index contributed by atoms with van der Waals surface area (Å²) in [6.45, 7) is 19.2. The second-order valence-electron chi connectivity index (χ2n) is 30.2. The minimum Gasteiger partial charge on any atom is -0.463 e. The van der Waals surface area contributed by atoms with Gasteiger partial charge in [-0.2, -0.15) is 8.78 Å². The van der Waals surface area contributed by atoms with Crippen LogP contribution >= 0.6 is 0 Å². The van der Waals surface area contributed by atoms with Gasteiger partial charge in [0.25, 0.3) is 0 Å². The van der Waals surface area contributed by atoms with Crippen LogP contribution in [0.3, 0.4) is 0 Å². The molecule has 33 nitrogen and oxygen atoms in total. The first kappa shape index (κ1) is 102. The van der Waals surface area contributed by atoms with Crippen molar-refractivity contribution in [3.8, 4) is 5.75 Å². The van der Waals surface area contributed by atoms with Crippen LogP contribution in [0.15, 0.2) is 0 Å². The van der Waals surface area contributed by atoms with Gasteiger partial charge in [-0.05, 0) is 77.0 Å². The van der Waals surface area contributed by atoms with Gasteiger partial charge in [-0.25, -0.2) is 13.2 Å². The summed E-state index contributed by atoms with van der Waals surface area (Å²) in [5.74, 6) is -23.1. The average Bonchev–Trinajstić information content (AvgIpc) is 0.813. The van der Waals surface area contributed by atoms with E-state index in [4.69, 9.17) is 56.8 Å². The van der Waals surface area contributed by atoms with Gasteiger partial charge in [0.05, 0.1) is 6.61 Å². The first-order valence-electron chi connectivity index (χ1n) is 40.4. The minimum atomic E-state index is -2.49. The molecule has 15 atom stereocenters. The zero-order chi connectivity index (χ0) is 87.8. The van der Waals surface area contributed by atoms with E-state index in [-0.39, 0.29) is 203 Å². The number of carbonyl (C=O) groups is 14. The van der Waals surface area contributed by atoms with Gasteiger partial charge < -0.3 is 93.5 Å². The Morgan fingerprint density at radius 1 is 0.331 bits per heavy atom. The molecule has 3 aliphatic rings. The molecule has 3 fully saturated rings. The van der Waals surface area contributed by atoms with Crippen LogP contribution in [0.2, 0.25) is 0 Å². The number of unbranched alkanes of at least 4 members (excludes halogenated alkanes) is 3. The number of carbonyl (C=O) groups excluding carboxylic acids is 14. The molecule has 6 amide bonds. The molecule has 0 bridgehead atoms. The predicted molar refractivity (Wildman–Crippen MR) is 405 cm³/mol. The van der Waals surface area contributed by atoms with E-state index in [0.717, 1.165) is 0 Å². The molecule has 668 valence electrons. The standard InChI is InChI=1S/C80H121F5N6O27/c1-45-48(4)77(115-58(42-109-51(7)92)73(45)112-54(10)95)106-39-17-14-23-61(99)87-35-20-37-89-64(102)28-32-80(91-66(104)25-19-26-67(105)118-76-71(84)69(82)68(81)70(83)72(76)85,31-27-63(101)86-34-16-13-22-57(98)30-41-108-79-50(6)47(3)75(114-56(12)97)60(117-79)44-111-53(9)94)33-29-65(103)90-38-21-36-88-62(100)24-15-18-40-107-78-49(5)46(2)74(113-55(11)96)59(116-78)43-110-52(8)93/h45-50,58-60,73-75,77-79H,13-44H2,1-12H3,(H,86,101)(H,87,99)(H,88,100)(H,89,102)(H,90,103)(H,91,104). The Bertz CT molecular complexity index is 3350. The number of hydrogen-bond acceptors (Lipinski definition) is 27.